The van der Waals surface area contributed by atoms with Crippen molar-refractivity contribution < 1.29 is 4.79 Å². The zero-order valence-corrected chi connectivity index (χ0v) is 16.7. The number of fused-ring (bicyclic) bond motifs is 1. The maximum absolute atomic E-state index is 12.2. The number of anilines is 1. The molecule has 28 heavy (non-hydrogen) atoms. The number of carbonyl (C=O) groups excluding carboxylic acids is 1. The molecule has 2 fully saturated rings. The molecular weight excluding hydrogens is 348 g/mol. The Morgan fingerprint density at radius 2 is 1.93 bits per heavy atom. The minimum Gasteiger partial charge on any atom is -0.368 e. The van der Waals surface area contributed by atoms with Crippen LogP contribution in [0, 0.1) is 5.92 Å². The first-order valence-corrected chi connectivity index (χ1v) is 10.8. The molecule has 0 bridgehead atoms. The molecule has 1 aromatic heterocycles. The van der Waals surface area contributed by atoms with Gasteiger partial charge in [0.05, 0.1) is 0 Å². The highest BCUT2D eigenvalue weighted by Crippen LogP contribution is 2.29. The summed E-state index contributed by atoms with van der Waals surface area (Å²) in [7, 11) is 0. The third-order valence-electron chi connectivity index (χ3n) is 6.55. The van der Waals surface area contributed by atoms with Crippen LogP contribution in [0.5, 0.6) is 0 Å². The molecule has 1 aliphatic heterocycles. The standard InChI is InChI=1S/C23H32N4O/c24-22(28)21-17-27(23-20-11-5-4-10-19(20)12-13-25-23)16-15-26(21)14-6-9-18-7-2-1-3-8-18/h4-5,10-13,18,21H,1-3,6-9,14-17H2,(H2,24,28). The van der Waals surface area contributed by atoms with Gasteiger partial charge in [-0.15, -0.1) is 0 Å². The molecule has 2 heterocycles. The van der Waals surface area contributed by atoms with E-state index in [1.54, 1.807) is 0 Å². The lowest BCUT2D eigenvalue weighted by Gasteiger charge is -2.41. The van der Waals surface area contributed by atoms with Crippen molar-refractivity contribution in [2.45, 2.75) is 51.0 Å². The van der Waals surface area contributed by atoms with E-state index in [9.17, 15) is 4.79 Å². The number of pyridine rings is 1. The van der Waals surface area contributed by atoms with Crippen LogP contribution in [0.25, 0.3) is 10.8 Å². The summed E-state index contributed by atoms with van der Waals surface area (Å²) in [4.78, 5) is 21.4. The highest BCUT2D eigenvalue weighted by atomic mass is 16.1. The summed E-state index contributed by atoms with van der Waals surface area (Å²) in [5, 5.41) is 2.32. The minimum absolute atomic E-state index is 0.220. The third-order valence-corrected chi connectivity index (χ3v) is 6.55. The average molecular weight is 381 g/mol. The molecule has 5 nitrogen and oxygen atoms in total. The Hall–Kier alpha value is -2.14. The monoisotopic (exact) mass is 380 g/mol. The Balaban J connectivity index is 1.40. The van der Waals surface area contributed by atoms with E-state index in [0.717, 1.165) is 36.8 Å². The lowest BCUT2D eigenvalue weighted by atomic mass is 9.86. The lowest BCUT2D eigenvalue weighted by molar-refractivity contribution is -0.123. The molecule has 0 radical (unpaired) electrons. The summed E-state index contributed by atoms with van der Waals surface area (Å²) >= 11 is 0. The van der Waals surface area contributed by atoms with E-state index in [-0.39, 0.29) is 11.9 Å². The summed E-state index contributed by atoms with van der Waals surface area (Å²) in [6.45, 7) is 3.35. The predicted molar refractivity (Wildman–Crippen MR) is 114 cm³/mol. The molecule has 5 heteroatoms. The first-order chi connectivity index (χ1) is 13.7. The van der Waals surface area contributed by atoms with Gasteiger partial charge in [-0.05, 0) is 36.8 Å². The van der Waals surface area contributed by atoms with Gasteiger partial charge in [-0.25, -0.2) is 4.98 Å². The summed E-state index contributed by atoms with van der Waals surface area (Å²) in [6, 6.07) is 10.1. The molecule has 2 N–H and O–H groups in total. The van der Waals surface area contributed by atoms with Gasteiger partial charge in [0.2, 0.25) is 5.91 Å². The smallest absolute Gasteiger partial charge is 0.236 e. The number of hydrogen-bond donors (Lipinski definition) is 1. The number of amides is 1. The quantitative estimate of drug-likeness (QED) is 0.832. The van der Waals surface area contributed by atoms with E-state index in [1.165, 1.54) is 50.3 Å². The number of piperazine rings is 1. The van der Waals surface area contributed by atoms with Crippen LogP contribution >= 0.6 is 0 Å². The minimum atomic E-state index is -0.235. The Labute approximate surface area is 167 Å². The van der Waals surface area contributed by atoms with Crippen molar-refractivity contribution in [3.8, 4) is 0 Å². The molecule has 4 rings (SSSR count). The summed E-state index contributed by atoms with van der Waals surface area (Å²) in [5.41, 5.74) is 5.80. The number of hydrogen-bond acceptors (Lipinski definition) is 4. The van der Waals surface area contributed by atoms with Gasteiger partial charge in [0.1, 0.15) is 11.9 Å². The Morgan fingerprint density at radius 1 is 1.11 bits per heavy atom. The number of nitrogens with two attached hydrogens (primary N) is 1. The second-order valence-corrected chi connectivity index (χ2v) is 8.40. The summed E-state index contributed by atoms with van der Waals surface area (Å²) < 4.78 is 0. The zero-order valence-electron chi connectivity index (χ0n) is 16.7. The molecular formula is C23H32N4O. The van der Waals surface area contributed by atoms with E-state index in [4.69, 9.17) is 5.73 Å². The van der Waals surface area contributed by atoms with Gasteiger partial charge in [-0.2, -0.15) is 0 Å². The van der Waals surface area contributed by atoms with Crippen molar-refractivity contribution in [2.24, 2.45) is 11.7 Å². The topological polar surface area (TPSA) is 62.5 Å². The molecule has 1 amide bonds. The van der Waals surface area contributed by atoms with Gasteiger partial charge in [0, 0.05) is 31.2 Å². The number of benzene rings is 1. The highest BCUT2D eigenvalue weighted by molar-refractivity contribution is 5.92. The van der Waals surface area contributed by atoms with Crippen molar-refractivity contribution in [3.05, 3.63) is 36.5 Å². The van der Waals surface area contributed by atoms with Crippen LogP contribution in [-0.2, 0) is 4.79 Å². The number of nitrogens with zero attached hydrogens (tertiary/aromatic N) is 3. The maximum Gasteiger partial charge on any atom is 0.236 e. The summed E-state index contributed by atoms with van der Waals surface area (Å²) in [5.74, 6) is 1.63. The number of aromatic nitrogens is 1. The first-order valence-electron chi connectivity index (χ1n) is 10.8. The summed E-state index contributed by atoms with van der Waals surface area (Å²) in [6.07, 6.45) is 11.3. The number of primary amides is 1. The van der Waals surface area contributed by atoms with Gasteiger partial charge in [0.15, 0.2) is 0 Å². The van der Waals surface area contributed by atoms with Crippen LogP contribution < -0.4 is 10.6 Å². The molecule has 1 saturated heterocycles. The van der Waals surface area contributed by atoms with Gasteiger partial charge in [-0.1, -0.05) is 56.4 Å². The largest absolute Gasteiger partial charge is 0.368 e. The Bertz CT molecular complexity index is 797. The normalized spacial score (nSPS) is 21.9. The van der Waals surface area contributed by atoms with Crippen LogP contribution in [0.2, 0.25) is 0 Å². The molecule has 1 unspecified atom stereocenters. The molecule has 1 atom stereocenters. The molecule has 1 saturated carbocycles. The van der Waals surface area contributed by atoms with Crippen molar-refractivity contribution in [1.82, 2.24) is 9.88 Å². The fourth-order valence-electron chi connectivity index (χ4n) is 4.96. The van der Waals surface area contributed by atoms with E-state index in [2.05, 4.69) is 26.9 Å². The molecule has 2 aromatic rings. The van der Waals surface area contributed by atoms with E-state index >= 15 is 0 Å². The predicted octanol–water partition coefficient (Wildman–Crippen LogP) is 3.57. The second-order valence-electron chi connectivity index (χ2n) is 8.40. The fourth-order valence-corrected chi connectivity index (χ4v) is 4.96. The van der Waals surface area contributed by atoms with Gasteiger partial charge in [-0.3, -0.25) is 9.69 Å². The highest BCUT2D eigenvalue weighted by Gasteiger charge is 2.31. The fraction of sp³-hybridized carbons (Fsp3) is 0.565. The van der Waals surface area contributed by atoms with Crippen LogP contribution in [0.3, 0.4) is 0 Å². The van der Waals surface area contributed by atoms with Crippen LogP contribution in [0.15, 0.2) is 36.5 Å². The van der Waals surface area contributed by atoms with Crippen LogP contribution in [0.4, 0.5) is 5.82 Å². The number of carbonyl (C=O) groups is 1. The zero-order chi connectivity index (χ0) is 19.3. The van der Waals surface area contributed by atoms with Gasteiger partial charge >= 0.3 is 0 Å². The third kappa shape index (κ3) is 4.30. The maximum atomic E-state index is 12.2. The molecule has 1 aromatic carbocycles. The molecule has 2 aliphatic rings. The van der Waals surface area contributed by atoms with Crippen molar-refractivity contribution in [2.75, 3.05) is 31.1 Å². The van der Waals surface area contributed by atoms with Crippen molar-refractivity contribution in [3.63, 3.8) is 0 Å². The first kappa shape index (κ1) is 19.2. The molecule has 1 aliphatic carbocycles. The van der Waals surface area contributed by atoms with Gasteiger partial charge in [0.25, 0.3) is 0 Å². The molecule has 150 valence electrons. The second kappa shape index (κ2) is 8.91. The van der Waals surface area contributed by atoms with Crippen molar-refractivity contribution in [1.29, 1.82) is 0 Å². The van der Waals surface area contributed by atoms with Crippen LogP contribution in [0.1, 0.15) is 44.9 Å². The van der Waals surface area contributed by atoms with E-state index < -0.39 is 0 Å². The SMILES string of the molecule is NC(=O)C1CN(c2nccc3ccccc23)CCN1CCCC1CCCCC1. The van der Waals surface area contributed by atoms with Crippen molar-refractivity contribution >= 4 is 22.5 Å². The molecule has 0 spiro atoms. The average Bonchev–Trinajstić information content (AvgIpc) is 2.74. The van der Waals surface area contributed by atoms with Gasteiger partial charge < -0.3 is 10.6 Å². The van der Waals surface area contributed by atoms with E-state index in [0.29, 0.717) is 6.54 Å². The number of rotatable bonds is 6. The Morgan fingerprint density at radius 3 is 2.75 bits per heavy atom. The Kier molecular flexibility index (Phi) is 6.10. The van der Waals surface area contributed by atoms with Crippen LogP contribution in [-0.4, -0.2) is 48.0 Å². The lowest BCUT2D eigenvalue weighted by Crippen LogP contribution is -2.58. The van der Waals surface area contributed by atoms with E-state index in [1.807, 2.05) is 24.4 Å².